The zero-order valence-electron chi connectivity index (χ0n) is 9.63. The van der Waals surface area contributed by atoms with Gasteiger partial charge in [-0.2, -0.15) is 0 Å². The van der Waals surface area contributed by atoms with Gasteiger partial charge in [0.05, 0.1) is 12.4 Å². The quantitative estimate of drug-likeness (QED) is 0.846. The number of aryl methyl sites for hydroxylation is 1. The molecule has 2 rings (SSSR count). The van der Waals surface area contributed by atoms with Crippen LogP contribution in [0.4, 0.5) is 5.82 Å². The standard InChI is InChI=1S/C10H8BrClN4O2S/c1-6-2-9(13-5-8(6)11)16-19(17,18)7-3-14-10(12)15-4-7/h2-5H,1H3,(H,13,16). The molecule has 0 atom stereocenters. The topological polar surface area (TPSA) is 84.8 Å². The highest BCUT2D eigenvalue weighted by Gasteiger charge is 2.16. The number of halogens is 2. The molecule has 0 aromatic carbocycles. The minimum Gasteiger partial charge on any atom is -0.263 e. The van der Waals surface area contributed by atoms with Crippen LogP contribution in [0.5, 0.6) is 0 Å². The van der Waals surface area contributed by atoms with E-state index < -0.39 is 10.0 Å². The van der Waals surface area contributed by atoms with E-state index in [1.807, 2.05) is 6.92 Å². The first-order valence-electron chi connectivity index (χ1n) is 5.01. The second-order valence-electron chi connectivity index (χ2n) is 3.61. The summed E-state index contributed by atoms with van der Waals surface area (Å²) in [6, 6.07) is 1.61. The van der Waals surface area contributed by atoms with Crippen molar-refractivity contribution in [3.8, 4) is 0 Å². The Labute approximate surface area is 123 Å². The predicted molar refractivity (Wildman–Crippen MR) is 74.5 cm³/mol. The molecule has 2 heterocycles. The molecule has 0 amide bonds. The molecule has 0 aliphatic carbocycles. The third kappa shape index (κ3) is 3.40. The summed E-state index contributed by atoms with van der Waals surface area (Å²) in [5, 5.41) is -0.0171. The first kappa shape index (κ1) is 14.2. The molecule has 0 aliphatic heterocycles. The van der Waals surface area contributed by atoms with Gasteiger partial charge in [0.1, 0.15) is 10.7 Å². The third-order valence-electron chi connectivity index (χ3n) is 2.19. The van der Waals surface area contributed by atoms with Gasteiger partial charge in [-0.15, -0.1) is 0 Å². The predicted octanol–water partition coefficient (Wildman–Crippen LogP) is 2.40. The summed E-state index contributed by atoms with van der Waals surface area (Å²) in [7, 11) is -3.77. The van der Waals surface area contributed by atoms with Gasteiger partial charge in [0.25, 0.3) is 10.0 Å². The lowest BCUT2D eigenvalue weighted by atomic mass is 10.3. The summed E-state index contributed by atoms with van der Waals surface area (Å²) >= 11 is 8.79. The fraction of sp³-hybridized carbons (Fsp3) is 0.100. The Kier molecular flexibility index (Phi) is 4.02. The maximum atomic E-state index is 12.0. The second kappa shape index (κ2) is 5.40. The molecule has 0 unspecified atom stereocenters. The Morgan fingerprint density at radius 2 is 1.84 bits per heavy atom. The molecular weight excluding hydrogens is 356 g/mol. The van der Waals surface area contributed by atoms with Crippen molar-refractivity contribution >= 4 is 43.4 Å². The van der Waals surface area contributed by atoms with E-state index in [-0.39, 0.29) is 16.0 Å². The van der Waals surface area contributed by atoms with Crippen LogP contribution in [-0.4, -0.2) is 23.4 Å². The third-order valence-corrected chi connectivity index (χ3v) is 4.53. The second-order valence-corrected chi connectivity index (χ2v) is 6.49. The molecule has 0 saturated heterocycles. The molecule has 0 fully saturated rings. The molecule has 0 bridgehead atoms. The van der Waals surface area contributed by atoms with Gasteiger partial charge in [-0.25, -0.2) is 23.4 Å². The molecule has 2 aromatic heterocycles. The Hall–Kier alpha value is -1.25. The fourth-order valence-electron chi connectivity index (χ4n) is 1.23. The number of pyridine rings is 1. The molecule has 9 heteroatoms. The molecule has 0 radical (unpaired) electrons. The highest BCUT2D eigenvalue weighted by atomic mass is 79.9. The van der Waals surface area contributed by atoms with E-state index in [0.29, 0.717) is 0 Å². The van der Waals surface area contributed by atoms with E-state index in [4.69, 9.17) is 11.6 Å². The van der Waals surface area contributed by atoms with Crippen molar-refractivity contribution in [1.29, 1.82) is 0 Å². The molecule has 2 aromatic rings. The maximum Gasteiger partial charge on any atom is 0.266 e. The lowest BCUT2D eigenvalue weighted by Crippen LogP contribution is -2.14. The van der Waals surface area contributed by atoms with Crippen LogP contribution in [0.15, 0.2) is 34.0 Å². The summed E-state index contributed by atoms with van der Waals surface area (Å²) in [5.74, 6) is 0.218. The van der Waals surface area contributed by atoms with Gasteiger partial charge < -0.3 is 0 Å². The van der Waals surface area contributed by atoms with Crippen LogP contribution in [0.25, 0.3) is 0 Å². The number of nitrogens with one attached hydrogen (secondary N) is 1. The molecule has 1 N–H and O–H groups in total. The minimum absolute atomic E-state index is 0.0171. The number of hydrogen-bond acceptors (Lipinski definition) is 5. The lowest BCUT2D eigenvalue weighted by Gasteiger charge is -2.07. The smallest absolute Gasteiger partial charge is 0.263 e. The minimum atomic E-state index is -3.77. The van der Waals surface area contributed by atoms with E-state index in [0.717, 1.165) is 22.4 Å². The van der Waals surface area contributed by atoms with Crippen LogP contribution >= 0.6 is 27.5 Å². The SMILES string of the molecule is Cc1cc(NS(=O)(=O)c2cnc(Cl)nc2)ncc1Br. The largest absolute Gasteiger partial charge is 0.266 e. The maximum absolute atomic E-state index is 12.0. The van der Waals surface area contributed by atoms with E-state index in [9.17, 15) is 8.42 Å². The number of sulfonamides is 1. The lowest BCUT2D eigenvalue weighted by molar-refractivity contribution is 0.600. The molecular formula is C10H8BrClN4O2S. The van der Waals surface area contributed by atoms with Gasteiger partial charge in [0, 0.05) is 10.7 Å². The molecule has 0 saturated carbocycles. The highest BCUT2D eigenvalue weighted by molar-refractivity contribution is 9.10. The van der Waals surface area contributed by atoms with Crippen LogP contribution in [0.3, 0.4) is 0 Å². The zero-order chi connectivity index (χ0) is 14.0. The number of aromatic nitrogens is 3. The van der Waals surface area contributed by atoms with Crippen LogP contribution in [-0.2, 0) is 10.0 Å². The average molecular weight is 364 g/mol. The van der Waals surface area contributed by atoms with Crippen molar-refractivity contribution in [2.45, 2.75) is 11.8 Å². The van der Waals surface area contributed by atoms with Crippen molar-refractivity contribution in [3.05, 3.63) is 40.0 Å². The zero-order valence-corrected chi connectivity index (χ0v) is 12.8. The molecule has 100 valence electrons. The van der Waals surface area contributed by atoms with Crippen molar-refractivity contribution in [3.63, 3.8) is 0 Å². The number of nitrogens with zero attached hydrogens (tertiary/aromatic N) is 3. The Morgan fingerprint density at radius 3 is 2.42 bits per heavy atom. The van der Waals surface area contributed by atoms with Gasteiger partial charge in [-0.05, 0) is 46.1 Å². The van der Waals surface area contributed by atoms with Gasteiger partial charge >= 0.3 is 0 Å². The molecule has 6 nitrogen and oxygen atoms in total. The average Bonchev–Trinajstić information content (AvgIpc) is 2.34. The van der Waals surface area contributed by atoms with Crippen LogP contribution in [0.1, 0.15) is 5.56 Å². The summed E-state index contributed by atoms with van der Waals surface area (Å²) < 4.78 is 27.2. The monoisotopic (exact) mass is 362 g/mol. The van der Waals surface area contributed by atoms with E-state index in [1.165, 1.54) is 6.20 Å². The van der Waals surface area contributed by atoms with E-state index in [1.54, 1.807) is 6.07 Å². The van der Waals surface area contributed by atoms with Crippen LogP contribution in [0, 0.1) is 6.92 Å². The number of rotatable bonds is 3. The number of hydrogen-bond donors (Lipinski definition) is 1. The molecule has 0 spiro atoms. The van der Waals surface area contributed by atoms with E-state index in [2.05, 4.69) is 35.6 Å². The van der Waals surface area contributed by atoms with Crippen molar-refractivity contribution in [2.75, 3.05) is 4.72 Å². The van der Waals surface area contributed by atoms with Crippen molar-refractivity contribution in [1.82, 2.24) is 15.0 Å². The Balaban J connectivity index is 2.30. The number of anilines is 1. The normalized spacial score (nSPS) is 11.3. The van der Waals surface area contributed by atoms with Crippen molar-refractivity contribution < 1.29 is 8.42 Å². The van der Waals surface area contributed by atoms with E-state index >= 15 is 0 Å². The fourth-order valence-corrected chi connectivity index (χ4v) is 2.43. The summed E-state index contributed by atoms with van der Waals surface area (Å²) in [4.78, 5) is 11.1. The van der Waals surface area contributed by atoms with Gasteiger partial charge in [-0.3, -0.25) is 4.72 Å². The van der Waals surface area contributed by atoms with Gasteiger partial charge in [0.2, 0.25) is 5.28 Å². The van der Waals surface area contributed by atoms with Crippen LogP contribution < -0.4 is 4.72 Å². The van der Waals surface area contributed by atoms with Gasteiger partial charge in [0.15, 0.2) is 0 Å². The van der Waals surface area contributed by atoms with Gasteiger partial charge in [-0.1, -0.05) is 0 Å². The summed E-state index contributed by atoms with van der Waals surface area (Å²) in [6.07, 6.45) is 3.78. The summed E-state index contributed by atoms with van der Waals surface area (Å²) in [6.45, 7) is 1.83. The summed E-state index contributed by atoms with van der Waals surface area (Å²) in [5.41, 5.74) is 0.861. The Morgan fingerprint density at radius 1 is 1.21 bits per heavy atom. The molecule has 0 aliphatic rings. The van der Waals surface area contributed by atoms with Crippen LogP contribution in [0.2, 0.25) is 5.28 Å². The van der Waals surface area contributed by atoms with Crippen molar-refractivity contribution in [2.24, 2.45) is 0 Å². The first-order chi connectivity index (χ1) is 8.88. The highest BCUT2D eigenvalue weighted by Crippen LogP contribution is 2.19. The first-order valence-corrected chi connectivity index (χ1v) is 7.66. The Bertz CT molecular complexity index is 706. The molecule has 19 heavy (non-hydrogen) atoms.